The number of aromatic nitrogens is 3. The van der Waals surface area contributed by atoms with Gasteiger partial charge in [-0.05, 0) is 31.2 Å². The van der Waals surface area contributed by atoms with E-state index in [2.05, 4.69) is 14.9 Å². The van der Waals surface area contributed by atoms with Crippen molar-refractivity contribution in [3.63, 3.8) is 0 Å². The molecule has 1 unspecified atom stereocenters. The molecular formula is C19H22N4O2S. The minimum Gasteiger partial charge on any atom is -0.391 e. The van der Waals surface area contributed by atoms with Crippen LogP contribution < -0.4 is 10.5 Å². The monoisotopic (exact) mass is 370 g/mol. The first kappa shape index (κ1) is 17.2. The summed E-state index contributed by atoms with van der Waals surface area (Å²) in [7, 11) is 0. The standard InChI is InChI=1S/C19H22N4O2S/c24-15(9-8-14-6-2-1-3-7-14)12-23-13-20-17-16(18(23)25)26-19(21-17)22-10-4-5-11-22/h1-3,6-7,13,15,24H,4-5,8-12H2. The number of anilines is 1. The van der Waals surface area contributed by atoms with E-state index in [0.29, 0.717) is 16.8 Å². The SMILES string of the molecule is O=c1c2sc(N3CCCC3)nc2ncn1CC(O)CCc1ccccc1. The van der Waals surface area contributed by atoms with Gasteiger partial charge < -0.3 is 10.0 Å². The fourth-order valence-electron chi connectivity index (χ4n) is 3.31. The summed E-state index contributed by atoms with van der Waals surface area (Å²) in [6.07, 6.45) is 4.65. The molecule has 7 heteroatoms. The Morgan fingerprint density at radius 1 is 1.19 bits per heavy atom. The summed E-state index contributed by atoms with van der Waals surface area (Å²) in [4.78, 5) is 23.8. The molecular weight excluding hydrogens is 348 g/mol. The van der Waals surface area contributed by atoms with Crippen LogP contribution in [0, 0.1) is 0 Å². The second-order valence-electron chi connectivity index (χ2n) is 6.72. The molecule has 6 nitrogen and oxygen atoms in total. The highest BCUT2D eigenvalue weighted by Crippen LogP contribution is 2.27. The van der Waals surface area contributed by atoms with Gasteiger partial charge in [0.1, 0.15) is 11.0 Å². The third kappa shape index (κ3) is 3.64. The Balaban J connectivity index is 1.47. The van der Waals surface area contributed by atoms with Gasteiger partial charge in [0.05, 0.1) is 12.6 Å². The summed E-state index contributed by atoms with van der Waals surface area (Å²) in [5.41, 5.74) is 1.58. The molecule has 1 fully saturated rings. The molecule has 1 atom stereocenters. The smallest absolute Gasteiger partial charge is 0.273 e. The number of nitrogens with zero attached hydrogens (tertiary/aromatic N) is 4. The fourth-order valence-corrected chi connectivity index (χ4v) is 4.33. The molecule has 1 aliphatic rings. The average molecular weight is 370 g/mol. The van der Waals surface area contributed by atoms with Gasteiger partial charge in [0.25, 0.3) is 5.56 Å². The first-order chi connectivity index (χ1) is 12.7. The molecule has 3 heterocycles. The molecule has 1 aliphatic heterocycles. The van der Waals surface area contributed by atoms with Crippen LogP contribution in [-0.2, 0) is 13.0 Å². The predicted molar refractivity (Wildman–Crippen MR) is 104 cm³/mol. The van der Waals surface area contributed by atoms with Crippen molar-refractivity contribution in [3.05, 3.63) is 52.6 Å². The van der Waals surface area contributed by atoms with E-state index in [4.69, 9.17) is 0 Å². The largest absolute Gasteiger partial charge is 0.391 e. The van der Waals surface area contributed by atoms with Crippen LogP contribution in [0.4, 0.5) is 5.13 Å². The number of fused-ring (bicyclic) bond motifs is 1. The van der Waals surface area contributed by atoms with Crippen LogP contribution in [0.2, 0.25) is 0 Å². The van der Waals surface area contributed by atoms with Crippen molar-refractivity contribution in [2.45, 2.75) is 38.3 Å². The Morgan fingerprint density at radius 3 is 2.73 bits per heavy atom. The van der Waals surface area contributed by atoms with Crippen LogP contribution >= 0.6 is 11.3 Å². The summed E-state index contributed by atoms with van der Waals surface area (Å²) in [5, 5.41) is 11.2. The highest BCUT2D eigenvalue weighted by atomic mass is 32.1. The summed E-state index contributed by atoms with van der Waals surface area (Å²) < 4.78 is 2.08. The van der Waals surface area contributed by atoms with E-state index in [1.54, 1.807) is 0 Å². The number of aliphatic hydroxyl groups is 1. The average Bonchev–Trinajstić information content (AvgIpc) is 3.33. The molecule has 0 amide bonds. The van der Waals surface area contributed by atoms with Crippen LogP contribution in [0.15, 0.2) is 41.5 Å². The van der Waals surface area contributed by atoms with Crippen LogP contribution in [0.25, 0.3) is 10.3 Å². The molecule has 0 spiro atoms. The zero-order valence-corrected chi connectivity index (χ0v) is 15.4. The minimum atomic E-state index is -0.585. The summed E-state index contributed by atoms with van der Waals surface area (Å²) in [6, 6.07) is 10.1. The number of aryl methyl sites for hydroxylation is 1. The number of thiazole rings is 1. The second-order valence-corrected chi connectivity index (χ2v) is 7.70. The highest BCUT2D eigenvalue weighted by Gasteiger charge is 2.19. The molecule has 0 bridgehead atoms. The van der Waals surface area contributed by atoms with E-state index in [-0.39, 0.29) is 12.1 Å². The van der Waals surface area contributed by atoms with Gasteiger partial charge in [-0.15, -0.1) is 0 Å². The first-order valence-corrected chi connectivity index (χ1v) is 9.85. The Morgan fingerprint density at radius 2 is 1.96 bits per heavy atom. The van der Waals surface area contributed by atoms with Gasteiger partial charge in [-0.2, -0.15) is 4.98 Å². The maximum atomic E-state index is 12.7. The zero-order valence-electron chi connectivity index (χ0n) is 14.5. The quantitative estimate of drug-likeness (QED) is 0.722. The van der Waals surface area contributed by atoms with Gasteiger partial charge in [0.15, 0.2) is 10.8 Å². The van der Waals surface area contributed by atoms with E-state index >= 15 is 0 Å². The van der Waals surface area contributed by atoms with Crippen molar-refractivity contribution in [3.8, 4) is 0 Å². The van der Waals surface area contributed by atoms with Crippen LogP contribution in [0.3, 0.4) is 0 Å². The Kier molecular flexibility index (Phi) is 4.99. The molecule has 136 valence electrons. The van der Waals surface area contributed by atoms with Gasteiger partial charge in [-0.1, -0.05) is 41.7 Å². The van der Waals surface area contributed by atoms with Gasteiger partial charge in [0, 0.05) is 13.1 Å². The third-order valence-electron chi connectivity index (χ3n) is 4.77. The van der Waals surface area contributed by atoms with E-state index < -0.39 is 6.10 Å². The molecule has 1 aromatic carbocycles. The lowest BCUT2D eigenvalue weighted by Gasteiger charge is -2.12. The molecule has 26 heavy (non-hydrogen) atoms. The number of hydrogen-bond donors (Lipinski definition) is 1. The Labute approximate surface area is 155 Å². The van der Waals surface area contributed by atoms with Gasteiger partial charge in [-0.3, -0.25) is 9.36 Å². The summed E-state index contributed by atoms with van der Waals surface area (Å²) in [6.45, 7) is 2.24. The molecule has 3 aromatic rings. The van der Waals surface area contributed by atoms with Gasteiger partial charge in [0.2, 0.25) is 0 Å². The maximum absolute atomic E-state index is 12.7. The molecule has 0 saturated carbocycles. The van der Waals surface area contributed by atoms with Gasteiger partial charge in [-0.25, -0.2) is 4.98 Å². The predicted octanol–water partition coefficient (Wildman–Crippen LogP) is 2.45. The lowest BCUT2D eigenvalue weighted by Crippen LogP contribution is -2.26. The third-order valence-corrected chi connectivity index (χ3v) is 5.86. The second kappa shape index (κ2) is 7.55. The molecule has 1 saturated heterocycles. The van der Waals surface area contributed by atoms with E-state index in [0.717, 1.165) is 24.6 Å². The van der Waals surface area contributed by atoms with E-state index in [9.17, 15) is 9.90 Å². The maximum Gasteiger partial charge on any atom is 0.273 e. The van der Waals surface area contributed by atoms with Crippen molar-refractivity contribution < 1.29 is 5.11 Å². The van der Waals surface area contributed by atoms with Crippen molar-refractivity contribution in [2.75, 3.05) is 18.0 Å². The number of aliphatic hydroxyl groups excluding tert-OH is 1. The number of benzene rings is 1. The molecule has 1 N–H and O–H groups in total. The Hall–Kier alpha value is -2.25. The molecule has 0 radical (unpaired) electrons. The van der Waals surface area contributed by atoms with Crippen molar-refractivity contribution >= 4 is 26.8 Å². The normalized spacial score (nSPS) is 15.7. The first-order valence-electron chi connectivity index (χ1n) is 9.03. The van der Waals surface area contributed by atoms with Crippen molar-refractivity contribution in [1.29, 1.82) is 0 Å². The van der Waals surface area contributed by atoms with Crippen molar-refractivity contribution in [2.24, 2.45) is 0 Å². The lowest BCUT2D eigenvalue weighted by molar-refractivity contribution is 0.143. The zero-order chi connectivity index (χ0) is 17.9. The minimum absolute atomic E-state index is 0.114. The van der Waals surface area contributed by atoms with Crippen molar-refractivity contribution in [1.82, 2.24) is 14.5 Å². The summed E-state index contributed by atoms with van der Waals surface area (Å²) >= 11 is 1.41. The summed E-state index contributed by atoms with van der Waals surface area (Å²) in [5.74, 6) is 0. The Bertz CT molecular complexity index is 932. The molecule has 2 aromatic heterocycles. The number of rotatable bonds is 6. The lowest BCUT2D eigenvalue weighted by atomic mass is 10.1. The van der Waals surface area contributed by atoms with Crippen LogP contribution in [0.1, 0.15) is 24.8 Å². The van der Waals surface area contributed by atoms with Gasteiger partial charge >= 0.3 is 0 Å². The highest BCUT2D eigenvalue weighted by molar-refractivity contribution is 7.22. The molecule has 4 rings (SSSR count). The van der Waals surface area contributed by atoms with E-state index in [1.165, 1.54) is 40.6 Å². The fraction of sp³-hybridized carbons (Fsp3) is 0.421. The van der Waals surface area contributed by atoms with E-state index in [1.807, 2.05) is 30.3 Å². The van der Waals surface area contributed by atoms with Crippen LogP contribution in [0.5, 0.6) is 0 Å². The topological polar surface area (TPSA) is 71.2 Å². The molecule has 0 aliphatic carbocycles. The van der Waals surface area contributed by atoms with Crippen LogP contribution in [-0.4, -0.2) is 38.8 Å². The number of hydrogen-bond acceptors (Lipinski definition) is 6.